The first-order valence-corrected chi connectivity index (χ1v) is 6.22. The summed E-state index contributed by atoms with van der Waals surface area (Å²) in [6.07, 6.45) is 1.29. The van der Waals surface area contributed by atoms with E-state index < -0.39 is 11.4 Å². The minimum absolute atomic E-state index is 0.426. The number of halogens is 1. The number of benzene rings is 1. The van der Waals surface area contributed by atoms with E-state index in [2.05, 4.69) is 22.0 Å². The van der Waals surface area contributed by atoms with Crippen molar-refractivity contribution in [2.75, 3.05) is 0 Å². The van der Waals surface area contributed by atoms with Gasteiger partial charge in [-0.05, 0) is 42.5 Å². The lowest BCUT2D eigenvalue weighted by Gasteiger charge is -2.43. The fourth-order valence-electron chi connectivity index (χ4n) is 2.59. The Bertz CT molecular complexity index is 513. The summed E-state index contributed by atoms with van der Waals surface area (Å²) >= 11 is 3.32. The minimum Gasteiger partial charge on any atom is -0.481 e. The summed E-state index contributed by atoms with van der Waals surface area (Å²) in [6.45, 7) is 2.05. The first-order chi connectivity index (χ1) is 7.98. The molecule has 4 heteroatoms. The average Bonchev–Trinajstić information content (AvgIpc) is 2.23. The molecule has 0 bridgehead atoms. The van der Waals surface area contributed by atoms with Crippen LogP contribution in [-0.2, 0) is 10.2 Å². The van der Waals surface area contributed by atoms with Crippen LogP contribution >= 0.6 is 15.9 Å². The van der Waals surface area contributed by atoms with Crippen LogP contribution in [0.4, 0.5) is 0 Å². The number of carboxylic acids is 1. The third-order valence-corrected chi connectivity index (χ3v) is 3.84. The molecular formula is C13H12BrNO2. The molecule has 88 valence electrons. The van der Waals surface area contributed by atoms with Gasteiger partial charge < -0.3 is 5.11 Å². The second-order valence-electron chi connectivity index (χ2n) is 4.74. The molecule has 3 nitrogen and oxygen atoms in total. The molecular weight excluding hydrogens is 282 g/mol. The topological polar surface area (TPSA) is 61.1 Å². The zero-order valence-electron chi connectivity index (χ0n) is 9.40. The Morgan fingerprint density at radius 2 is 2.18 bits per heavy atom. The first kappa shape index (κ1) is 12.1. The number of nitriles is 1. The Morgan fingerprint density at radius 3 is 2.65 bits per heavy atom. The highest BCUT2D eigenvalue weighted by Gasteiger charge is 2.50. The van der Waals surface area contributed by atoms with E-state index in [1.807, 2.05) is 6.92 Å². The van der Waals surface area contributed by atoms with E-state index >= 15 is 0 Å². The maximum Gasteiger partial charge on any atom is 0.314 e. The van der Waals surface area contributed by atoms with Crippen LogP contribution in [0.1, 0.15) is 30.9 Å². The van der Waals surface area contributed by atoms with Crippen LogP contribution in [0.15, 0.2) is 22.7 Å². The zero-order valence-corrected chi connectivity index (χ0v) is 11.0. The molecule has 0 atom stereocenters. The van der Waals surface area contributed by atoms with Crippen molar-refractivity contribution in [2.24, 2.45) is 5.92 Å². The summed E-state index contributed by atoms with van der Waals surface area (Å²) in [5, 5.41) is 18.3. The third-order valence-electron chi connectivity index (χ3n) is 3.38. The summed E-state index contributed by atoms with van der Waals surface area (Å²) in [5.41, 5.74) is 0.429. The van der Waals surface area contributed by atoms with Gasteiger partial charge in [-0.2, -0.15) is 5.26 Å². The van der Waals surface area contributed by atoms with E-state index in [4.69, 9.17) is 5.26 Å². The molecule has 1 aliphatic carbocycles. The number of rotatable bonds is 2. The fraction of sp³-hybridized carbons (Fsp3) is 0.385. The number of aliphatic carboxylic acids is 1. The van der Waals surface area contributed by atoms with E-state index in [1.54, 1.807) is 18.2 Å². The van der Waals surface area contributed by atoms with Gasteiger partial charge in [0.05, 0.1) is 17.0 Å². The SMILES string of the molecule is CC1CC(C(=O)O)(c2cc(Br)cc(C#N)c2)C1. The lowest BCUT2D eigenvalue weighted by molar-refractivity contribution is -0.149. The van der Waals surface area contributed by atoms with Crippen LogP contribution in [0.3, 0.4) is 0 Å². The second kappa shape index (κ2) is 4.15. The molecule has 0 amide bonds. The van der Waals surface area contributed by atoms with Crippen molar-refractivity contribution < 1.29 is 9.90 Å². The number of nitrogens with zero attached hydrogens (tertiary/aromatic N) is 1. The Balaban J connectivity index is 2.49. The Kier molecular flexibility index (Phi) is 2.96. The molecule has 0 saturated heterocycles. The van der Waals surface area contributed by atoms with Crippen molar-refractivity contribution >= 4 is 21.9 Å². The smallest absolute Gasteiger partial charge is 0.314 e. The van der Waals surface area contributed by atoms with Gasteiger partial charge in [0.2, 0.25) is 0 Å². The van der Waals surface area contributed by atoms with Gasteiger partial charge in [0.25, 0.3) is 0 Å². The number of carbonyl (C=O) groups is 1. The van der Waals surface area contributed by atoms with Gasteiger partial charge in [-0.25, -0.2) is 0 Å². The van der Waals surface area contributed by atoms with Gasteiger partial charge in [-0.3, -0.25) is 4.79 Å². The second-order valence-corrected chi connectivity index (χ2v) is 5.66. The quantitative estimate of drug-likeness (QED) is 0.911. The van der Waals surface area contributed by atoms with E-state index in [-0.39, 0.29) is 0 Å². The highest BCUT2D eigenvalue weighted by molar-refractivity contribution is 9.10. The van der Waals surface area contributed by atoms with Gasteiger partial charge in [0.15, 0.2) is 0 Å². The zero-order chi connectivity index (χ0) is 12.6. The number of hydrogen-bond donors (Lipinski definition) is 1. The van der Waals surface area contributed by atoms with Crippen molar-refractivity contribution in [2.45, 2.75) is 25.2 Å². The third kappa shape index (κ3) is 1.96. The summed E-state index contributed by atoms with van der Waals surface area (Å²) < 4.78 is 0.756. The largest absolute Gasteiger partial charge is 0.481 e. The predicted molar refractivity (Wildman–Crippen MR) is 66.6 cm³/mol. The fourth-order valence-corrected chi connectivity index (χ4v) is 3.09. The molecule has 1 N–H and O–H groups in total. The molecule has 1 aliphatic rings. The van der Waals surface area contributed by atoms with Crippen molar-refractivity contribution in [1.29, 1.82) is 5.26 Å². The highest BCUT2D eigenvalue weighted by atomic mass is 79.9. The molecule has 0 heterocycles. The van der Waals surface area contributed by atoms with E-state index in [0.29, 0.717) is 24.3 Å². The average molecular weight is 294 g/mol. The summed E-state index contributed by atoms with van der Waals surface area (Å²) in [6, 6.07) is 7.24. The van der Waals surface area contributed by atoms with Crippen LogP contribution in [0, 0.1) is 17.2 Å². The van der Waals surface area contributed by atoms with Gasteiger partial charge >= 0.3 is 5.97 Å². The van der Waals surface area contributed by atoms with Crippen LogP contribution in [0.5, 0.6) is 0 Å². The van der Waals surface area contributed by atoms with Crippen LogP contribution in [0.2, 0.25) is 0 Å². The van der Waals surface area contributed by atoms with Crippen molar-refractivity contribution in [3.05, 3.63) is 33.8 Å². The van der Waals surface area contributed by atoms with Crippen LogP contribution < -0.4 is 0 Å². The maximum atomic E-state index is 11.5. The van der Waals surface area contributed by atoms with Gasteiger partial charge in [0.1, 0.15) is 0 Å². The molecule has 1 aromatic rings. The van der Waals surface area contributed by atoms with Gasteiger partial charge in [0, 0.05) is 4.47 Å². The highest BCUT2D eigenvalue weighted by Crippen LogP contribution is 2.48. The molecule has 0 unspecified atom stereocenters. The molecule has 0 aliphatic heterocycles. The Hall–Kier alpha value is -1.34. The summed E-state index contributed by atoms with van der Waals surface area (Å²) in [5.74, 6) is -0.367. The summed E-state index contributed by atoms with van der Waals surface area (Å²) in [4.78, 5) is 11.5. The van der Waals surface area contributed by atoms with Crippen molar-refractivity contribution in [1.82, 2.24) is 0 Å². The van der Waals surface area contributed by atoms with E-state index in [9.17, 15) is 9.90 Å². The standard InChI is InChI=1S/C13H12BrNO2/c1-8-5-13(6-8,12(16)17)10-2-9(7-15)3-11(14)4-10/h2-4,8H,5-6H2,1H3,(H,16,17). The Labute approximate surface area is 108 Å². The predicted octanol–water partition coefficient (Wildman–Crippen LogP) is 3.07. The lowest BCUT2D eigenvalue weighted by Crippen LogP contribution is -2.47. The van der Waals surface area contributed by atoms with Crippen molar-refractivity contribution in [3.8, 4) is 6.07 Å². The molecule has 1 saturated carbocycles. The molecule has 1 aromatic carbocycles. The minimum atomic E-state index is -0.797. The molecule has 0 radical (unpaired) electrons. The number of hydrogen-bond acceptors (Lipinski definition) is 2. The van der Waals surface area contributed by atoms with Crippen LogP contribution in [-0.4, -0.2) is 11.1 Å². The maximum absolute atomic E-state index is 11.5. The monoisotopic (exact) mass is 293 g/mol. The van der Waals surface area contributed by atoms with Gasteiger partial charge in [-0.1, -0.05) is 22.9 Å². The first-order valence-electron chi connectivity index (χ1n) is 5.42. The van der Waals surface area contributed by atoms with E-state index in [0.717, 1.165) is 10.0 Å². The molecule has 2 rings (SSSR count). The molecule has 0 aromatic heterocycles. The normalized spacial score (nSPS) is 27.0. The van der Waals surface area contributed by atoms with E-state index in [1.165, 1.54) is 0 Å². The van der Waals surface area contributed by atoms with Gasteiger partial charge in [-0.15, -0.1) is 0 Å². The molecule has 0 spiro atoms. The molecule has 17 heavy (non-hydrogen) atoms. The summed E-state index contributed by atoms with van der Waals surface area (Å²) in [7, 11) is 0. The lowest BCUT2D eigenvalue weighted by atomic mass is 9.59. The van der Waals surface area contributed by atoms with Crippen LogP contribution in [0.25, 0.3) is 0 Å². The number of carboxylic acid groups (broad SMARTS) is 1. The Morgan fingerprint density at radius 1 is 1.53 bits per heavy atom. The molecule has 1 fully saturated rings. The van der Waals surface area contributed by atoms with Crippen molar-refractivity contribution in [3.63, 3.8) is 0 Å².